The molecule has 4 aliphatic rings. The lowest BCUT2D eigenvalue weighted by atomic mass is 9.41. The minimum atomic E-state index is 0.236. The number of ketones is 1. The largest absolute Gasteiger partial charge is 0.301 e. The number of Topliss-reactive ketones (excluding diaryl/α,β-unsaturated/α-hetero) is 1. The molecule has 0 amide bonds. The fourth-order valence-corrected chi connectivity index (χ4v) is 7.50. The highest BCUT2D eigenvalue weighted by atomic mass is 16.6. The molecule has 4 aliphatic carbocycles. The molecule has 0 bridgehead atoms. The molecule has 4 rings (SSSR count). The summed E-state index contributed by atoms with van der Waals surface area (Å²) in [6.07, 6.45) is 10.5. The number of carbonyl (C=O) groups is 1. The van der Waals surface area contributed by atoms with Crippen LogP contribution in [0.25, 0.3) is 0 Å². The summed E-state index contributed by atoms with van der Waals surface area (Å²) in [4.78, 5) is 17.4. The molecule has 0 heterocycles. The van der Waals surface area contributed by atoms with Crippen LogP contribution >= 0.6 is 0 Å². The fourth-order valence-electron chi connectivity index (χ4n) is 7.50. The van der Waals surface area contributed by atoms with Crippen LogP contribution in [-0.4, -0.2) is 11.9 Å². The van der Waals surface area contributed by atoms with Crippen molar-refractivity contribution in [1.82, 2.24) is 0 Å². The average molecular weight is 319 g/mol. The van der Waals surface area contributed by atoms with Gasteiger partial charge < -0.3 is 4.84 Å². The summed E-state index contributed by atoms with van der Waals surface area (Å²) in [5.41, 5.74) is 1.02. The van der Waals surface area contributed by atoms with E-state index in [1.54, 1.807) is 0 Å². The highest BCUT2D eigenvalue weighted by Crippen LogP contribution is 2.69. The van der Waals surface area contributed by atoms with Gasteiger partial charge in [0.2, 0.25) is 0 Å². The number of rotatable bonds is 1. The first-order valence-corrected chi connectivity index (χ1v) is 9.69. The van der Waals surface area contributed by atoms with Gasteiger partial charge in [-0.05, 0) is 78.9 Å². The molecule has 3 nitrogen and oxygen atoms in total. The van der Waals surface area contributed by atoms with Crippen LogP contribution in [0.1, 0.15) is 78.6 Å². The molecule has 0 aromatic carbocycles. The van der Waals surface area contributed by atoms with E-state index in [1.807, 2.05) is 0 Å². The lowest BCUT2D eigenvalue weighted by molar-refractivity contribution is -0.160. The van der Waals surface area contributed by atoms with Gasteiger partial charge in [-0.3, -0.25) is 4.79 Å². The van der Waals surface area contributed by atoms with E-state index in [9.17, 15) is 4.79 Å². The first-order chi connectivity index (χ1) is 10.8. The fraction of sp³-hybridized carbons (Fsp3) is 0.950. The molecule has 0 aromatic rings. The van der Waals surface area contributed by atoms with Crippen LogP contribution in [0.3, 0.4) is 0 Å². The Morgan fingerprint density at radius 2 is 1.87 bits per heavy atom. The molecule has 6 unspecified atom stereocenters. The van der Waals surface area contributed by atoms with Crippen molar-refractivity contribution in [3.63, 3.8) is 0 Å². The summed E-state index contributed by atoms with van der Waals surface area (Å²) >= 11 is 0. The van der Waals surface area contributed by atoms with E-state index >= 15 is 0 Å². The van der Waals surface area contributed by atoms with Crippen LogP contribution in [0.5, 0.6) is 0 Å². The predicted molar refractivity (Wildman–Crippen MR) is 90.4 cm³/mol. The van der Waals surface area contributed by atoms with Crippen molar-refractivity contribution in [3.05, 3.63) is 0 Å². The van der Waals surface area contributed by atoms with Crippen molar-refractivity contribution in [1.29, 1.82) is 0 Å². The Morgan fingerprint density at radius 1 is 1.09 bits per heavy atom. The second-order valence-corrected chi connectivity index (χ2v) is 10.00. The summed E-state index contributed by atoms with van der Waals surface area (Å²) in [6, 6.07) is 0. The molecule has 3 heteroatoms. The van der Waals surface area contributed by atoms with E-state index in [0.717, 1.165) is 49.9 Å². The molecule has 130 valence electrons. The molecule has 0 spiro atoms. The summed E-state index contributed by atoms with van der Waals surface area (Å²) in [6.45, 7) is 7.41. The van der Waals surface area contributed by atoms with Gasteiger partial charge in [-0.15, -0.1) is 0 Å². The van der Waals surface area contributed by atoms with Crippen molar-refractivity contribution in [2.45, 2.75) is 84.7 Å². The zero-order chi connectivity index (χ0) is 16.5. The highest BCUT2D eigenvalue weighted by molar-refractivity contribution is 5.80. The number of nitrogens with two attached hydrogens (primary N) is 1. The van der Waals surface area contributed by atoms with E-state index in [-0.39, 0.29) is 11.5 Å². The van der Waals surface area contributed by atoms with Crippen molar-refractivity contribution >= 4 is 5.78 Å². The maximum absolute atomic E-state index is 12.1. The minimum absolute atomic E-state index is 0.236. The molecular weight excluding hydrogens is 286 g/mol. The summed E-state index contributed by atoms with van der Waals surface area (Å²) < 4.78 is 0. The SMILES string of the molecule is CC12CCC3C(CC[C@@]4(C)CC(=O)CCC34C)C1CC(ON)C2. The molecule has 0 radical (unpaired) electrons. The topological polar surface area (TPSA) is 52.3 Å². The maximum Gasteiger partial charge on any atom is 0.133 e. The zero-order valence-electron chi connectivity index (χ0n) is 15.1. The summed E-state index contributed by atoms with van der Waals surface area (Å²) in [5, 5.41) is 0. The van der Waals surface area contributed by atoms with Crippen molar-refractivity contribution in [2.24, 2.45) is 39.9 Å². The first-order valence-electron chi connectivity index (χ1n) is 9.69. The van der Waals surface area contributed by atoms with Gasteiger partial charge in [-0.2, -0.15) is 0 Å². The smallest absolute Gasteiger partial charge is 0.133 e. The van der Waals surface area contributed by atoms with Crippen molar-refractivity contribution < 1.29 is 9.63 Å². The number of carbonyl (C=O) groups excluding carboxylic acids is 1. The monoisotopic (exact) mass is 319 g/mol. The lowest BCUT2D eigenvalue weighted by Gasteiger charge is -2.64. The van der Waals surface area contributed by atoms with Gasteiger partial charge in [-0.25, -0.2) is 5.90 Å². The van der Waals surface area contributed by atoms with Crippen LogP contribution in [0.2, 0.25) is 0 Å². The van der Waals surface area contributed by atoms with Crippen LogP contribution in [0.4, 0.5) is 0 Å². The molecule has 0 aliphatic heterocycles. The third kappa shape index (κ3) is 2.12. The molecule has 2 N–H and O–H groups in total. The standard InChI is InChI=1S/C20H33NO2/c1-18-7-6-16-15(17(18)10-14(12-18)23-21)5-8-19(2)11-13(22)4-9-20(16,19)3/h14-17H,4-12,21H2,1-3H3/t14?,15?,16?,17?,18?,19-,20?/m0/s1. The van der Waals surface area contributed by atoms with Gasteiger partial charge in [-0.1, -0.05) is 20.8 Å². The van der Waals surface area contributed by atoms with Gasteiger partial charge in [0.15, 0.2) is 0 Å². The normalized spacial score (nSPS) is 55.9. The van der Waals surface area contributed by atoms with Crippen LogP contribution in [0.15, 0.2) is 0 Å². The predicted octanol–water partition coefficient (Wildman–Crippen LogP) is 4.25. The Hall–Kier alpha value is -0.410. The highest BCUT2D eigenvalue weighted by Gasteiger charge is 2.62. The van der Waals surface area contributed by atoms with Crippen LogP contribution < -0.4 is 5.90 Å². The molecule has 0 saturated heterocycles. The third-order valence-electron chi connectivity index (χ3n) is 9.10. The second-order valence-electron chi connectivity index (χ2n) is 10.00. The Morgan fingerprint density at radius 3 is 2.61 bits per heavy atom. The minimum Gasteiger partial charge on any atom is -0.301 e. The Labute approximate surface area is 140 Å². The summed E-state index contributed by atoms with van der Waals surface area (Å²) in [5.74, 6) is 8.43. The molecular formula is C20H33NO2. The Balaban J connectivity index is 1.65. The number of fused-ring (bicyclic) bond motifs is 5. The van der Waals surface area contributed by atoms with Gasteiger partial charge in [0.05, 0.1) is 6.10 Å². The van der Waals surface area contributed by atoms with Crippen LogP contribution in [0, 0.1) is 34.0 Å². The molecule has 0 aromatic heterocycles. The number of hydrogen-bond donors (Lipinski definition) is 1. The van der Waals surface area contributed by atoms with Crippen molar-refractivity contribution in [3.8, 4) is 0 Å². The quantitative estimate of drug-likeness (QED) is 0.735. The average Bonchev–Trinajstić information content (AvgIpc) is 2.85. The van der Waals surface area contributed by atoms with Crippen molar-refractivity contribution in [2.75, 3.05) is 0 Å². The van der Waals surface area contributed by atoms with E-state index < -0.39 is 0 Å². The zero-order valence-corrected chi connectivity index (χ0v) is 15.1. The van der Waals surface area contributed by atoms with Crippen LogP contribution in [-0.2, 0) is 9.63 Å². The van der Waals surface area contributed by atoms with Gasteiger partial charge in [0.25, 0.3) is 0 Å². The Kier molecular flexibility index (Phi) is 3.53. The van der Waals surface area contributed by atoms with E-state index in [1.165, 1.54) is 25.7 Å². The van der Waals surface area contributed by atoms with E-state index in [4.69, 9.17) is 10.7 Å². The summed E-state index contributed by atoms with van der Waals surface area (Å²) in [7, 11) is 0. The second kappa shape index (κ2) is 5.05. The van der Waals surface area contributed by atoms with Gasteiger partial charge in [0, 0.05) is 12.8 Å². The molecule has 4 fully saturated rings. The Bertz CT molecular complexity index is 520. The molecule has 7 atom stereocenters. The van der Waals surface area contributed by atoms with Gasteiger partial charge in [0.1, 0.15) is 5.78 Å². The first kappa shape index (κ1) is 16.1. The van der Waals surface area contributed by atoms with E-state index in [2.05, 4.69) is 20.8 Å². The third-order valence-corrected chi connectivity index (χ3v) is 9.10. The maximum atomic E-state index is 12.1. The molecule has 23 heavy (non-hydrogen) atoms. The lowest BCUT2D eigenvalue weighted by Crippen LogP contribution is -2.57. The van der Waals surface area contributed by atoms with Gasteiger partial charge >= 0.3 is 0 Å². The van der Waals surface area contributed by atoms with E-state index in [0.29, 0.717) is 16.6 Å². The number of hydrogen-bond acceptors (Lipinski definition) is 3. The molecule has 4 saturated carbocycles.